The van der Waals surface area contributed by atoms with Crippen LogP contribution in [0.25, 0.3) is 17.0 Å². The Kier molecular flexibility index (Phi) is 5.96. The van der Waals surface area contributed by atoms with E-state index in [1.165, 1.54) is 5.56 Å². The molecule has 0 spiro atoms. The minimum absolute atomic E-state index is 0.0659. The molecular formula is C25H18IN3O. The Morgan fingerprint density at radius 3 is 2.43 bits per heavy atom. The van der Waals surface area contributed by atoms with Gasteiger partial charge in [0, 0.05) is 38.5 Å². The lowest BCUT2D eigenvalue weighted by Gasteiger charge is -2.05. The molecule has 0 saturated carbocycles. The van der Waals surface area contributed by atoms with Crippen molar-refractivity contribution in [3.63, 3.8) is 0 Å². The molecule has 4 nitrogen and oxygen atoms in total. The van der Waals surface area contributed by atoms with Crippen molar-refractivity contribution in [1.29, 1.82) is 5.26 Å². The maximum atomic E-state index is 12.7. The van der Waals surface area contributed by atoms with Gasteiger partial charge in [-0.25, -0.2) is 0 Å². The van der Waals surface area contributed by atoms with Crippen LogP contribution < -0.4 is 5.32 Å². The summed E-state index contributed by atoms with van der Waals surface area (Å²) in [5.41, 5.74) is 3.81. The number of para-hydroxylation sites is 1. The van der Waals surface area contributed by atoms with E-state index in [1.807, 2.05) is 79.0 Å². The normalized spacial score (nSPS) is 11.3. The second kappa shape index (κ2) is 8.97. The second-order valence-corrected chi connectivity index (χ2v) is 8.09. The van der Waals surface area contributed by atoms with Crippen LogP contribution in [0.15, 0.2) is 90.6 Å². The molecule has 1 N–H and O–H groups in total. The molecule has 0 radical (unpaired) electrons. The van der Waals surface area contributed by atoms with Crippen LogP contribution in [0.4, 0.5) is 5.69 Å². The third-order valence-corrected chi connectivity index (χ3v) is 5.50. The van der Waals surface area contributed by atoms with Crippen LogP contribution in [0.2, 0.25) is 0 Å². The highest BCUT2D eigenvalue weighted by molar-refractivity contribution is 14.1. The molecule has 1 amide bonds. The average molecular weight is 503 g/mol. The number of carbonyl (C=O) groups is 1. The molecule has 0 atom stereocenters. The smallest absolute Gasteiger partial charge is 0.266 e. The van der Waals surface area contributed by atoms with E-state index in [1.54, 1.807) is 6.08 Å². The van der Waals surface area contributed by atoms with Crippen molar-refractivity contribution in [2.45, 2.75) is 6.54 Å². The molecule has 0 bridgehead atoms. The minimum atomic E-state index is -0.418. The predicted molar refractivity (Wildman–Crippen MR) is 129 cm³/mol. The molecule has 0 aliphatic carbocycles. The molecule has 146 valence electrons. The standard InChI is InChI=1S/C25H18IN3O/c26-21-10-12-22(13-11-21)28-25(30)19(15-27)14-20-17-29(16-18-6-2-1-3-7-18)24-9-5-4-8-23(20)24/h1-14,17H,16H2,(H,28,30)/b19-14+. The van der Waals surface area contributed by atoms with Gasteiger partial charge in [0.2, 0.25) is 0 Å². The quantitative estimate of drug-likeness (QED) is 0.211. The number of fused-ring (bicyclic) bond motifs is 1. The number of hydrogen-bond donors (Lipinski definition) is 1. The molecule has 0 aliphatic heterocycles. The van der Waals surface area contributed by atoms with E-state index in [9.17, 15) is 10.1 Å². The number of rotatable bonds is 5. The Balaban J connectivity index is 1.67. The Morgan fingerprint density at radius 1 is 1.00 bits per heavy atom. The average Bonchev–Trinajstić information content (AvgIpc) is 3.11. The highest BCUT2D eigenvalue weighted by Crippen LogP contribution is 2.25. The first-order valence-electron chi connectivity index (χ1n) is 9.44. The Hall–Kier alpha value is -3.37. The van der Waals surface area contributed by atoms with Crippen molar-refractivity contribution in [2.75, 3.05) is 5.32 Å². The van der Waals surface area contributed by atoms with E-state index < -0.39 is 5.91 Å². The monoisotopic (exact) mass is 503 g/mol. The van der Waals surface area contributed by atoms with Gasteiger partial charge < -0.3 is 9.88 Å². The summed E-state index contributed by atoms with van der Waals surface area (Å²) >= 11 is 2.21. The third-order valence-electron chi connectivity index (χ3n) is 4.78. The molecule has 30 heavy (non-hydrogen) atoms. The molecule has 4 rings (SSSR count). The van der Waals surface area contributed by atoms with E-state index in [0.29, 0.717) is 12.2 Å². The maximum absolute atomic E-state index is 12.7. The minimum Gasteiger partial charge on any atom is -0.342 e. The molecule has 0 aliphatic rings. The Morgan fingerprint density at radius 2 is 1.70 bits per heavy atom. The van der Waals surface area contributed by atoms with Gasteiger partial charge >= 0.3 is 0 Å². The van der Waals surface area contributed by atoms with Crippen molar-refractivity contribution in [1.82, 2.24) is 4.57 Å². The topological polar surface area (TPSA) is 57.8 Å². The molecule has 4 aromatic rings. The molecule has 0 unspecified atom stereocenters. The fourth-order valence-corrected chi connectivity index (χ4v) is 3.70. The lowest BCUT2D eigenvalue weighted by Crippen LogP contribution is -2.13. The highest BCUT2D eigenvalue weighted by atomic mass is 127. The van der Waals surface area contributed by atoms with Gasteiger partial charge in [-0.15, -0.1) is 0 Å². The SMILES string of the molecule is N#C/C(=C\c1cn(Cc2ccccc2)c2ccccc12)C(=O)Nc1ccc(I)cc1. The first-order chi connectivity index (χ1) is 14.6. The fourth-order valence-electron chi connectivity index (χ4n) is 3.34. The Bertz CT molecular complexity index is 1270. The summed E-state index contributed by atoms with van der Waals surface area (Å²) in [6.07, 6.45) is 3.65. The third kappa shape index (κ3) is 4.44. The molecule has 0 saturated heterocycles. The van der Waals surface area contributed by atoms with Crippen LogP contribution in [0.3, 0.4) is 0 Å². The number of benzene rings is 3. The van der Waals surface area contributed by atoms with Crippen molar-refractivity contribution >= 4 is 51.2 Å². The van der Waals surface area contributed by atoms with E-state index in [-0.39, 0.29) is 5.57 Å². The number of aromatic nitrogens is 1. The summed E-state index contributed by atoms with van der Waals surface area (Å²) in [5.74, 6) is -0.418. The summed E-state index contributed by atoms with van der Waals surface area (Å²) in [7, 11) is 0. The van der Waals surface area contributed by atoms with Gasteiger partial charge in [-0.1, -0.05) is 48.5 Å². The number of nitrogens with zero attached hydrogens (tertiary/aromatic N) is 2. The molecule has 3 aromatic carbocycles. The van der Waals surface area contributed by atoms with Crippen LogP contribution in [-0.2, 0) is 11.3 Å². The van der Waals surface area contributed by atoms with E-state index in [2.05, 4.69) is 44.6 Å². The predicted octanol–water partition coefficient (Wildman–Crippen LogP) is 5.84. The van der Waals surface area contributed by atoms with E-state index >= 15 is 0 Å². The summed E-state index contributed by atoms with van der Waals surface area (Å²) in [6.45, 7) is 0.714. The van der Waals surface area contributed by atoms with Crippen LogP contribution >= 0.6 is 22.6 Å². The lowest BCUT2D eigenvalue weighted by molar-refractivity contribution is -0.112. The maximum Gasteiger partial charge on any atom is 0.266 e. The van der Waals surface area contributed by atoms with Crippen molar-refractivity contribution in [2.24, 2.45) is 0 Å². The van der Waals surface area contributed by atoms with Gasteiger partial charge in [0.05, 0.1) is 0 Å². The van der Waals surface area contributed by atoms with Crippen LogP contribution in [0.5, 0.6) is 0 Å². The number of nitriles is 1. The number of amides is 1. The molecule has 1 aromatic heterocycles. The van der Waals surface area contributed by atoms with Gasteiger partial charge in [-0.3, -0.25) is 4.79 Å². The fraction of sp³-hybridized carbons (Fsp3) is 0.0400. The van der Waals surface area contributed by atoms with Gasteiger partial charge in [-0.05, 0) is 64.6 Å². The molecule has 5 heteroatoms. The number of anilines is 1. The van der Waals surface area contributed by atoms with Gasteiger partial charge in [0.15, 0.2) is 0 Å². The van der Waals surface area contributed by atoms with Gasteiger partial charge in [-0.2, -0.15) is 5.26 Å². The van der Waals surface area contributed by atoms with Crippen LogP contribution in [-0.4, -0.2) is 10.5 Å². The second-order valence-electron chi connectivity index (χ2n) is 6.85. The number of carbonyl (C=O) groups excluding carboxylic acids is 1. The first-order valence-corrected chi connectivity index (χ1v) is 10.5. The first kappa shape index (κ1) is 19.9. The van der Waals surface area contributed by atoms with Crippen LogP contribution in [0.1, 0.15) is 11.1 Å². The van der Waals surface area contributed by atoms with E-state index in [4.69, 9.17) is 0 Å². The van der Waals surface area contributed by atoms with Gasteiger partial charge in [0.1, 0.15) is 11.6 Å². The van der Waals surface area contributed by atoms with Crippen molar-refractivity contribution < 1.29 is 4.79 Å². The lowest BCUT2D eigenvalue weighted by atomic mass is 10.1. The number of hydrogen-bond acceptors (Lipinski definition) is 2. The highest BCUT2D eigenvalue weighted by Gasteiger charge is 2.13. The van der Waals surface area contributed by atoms with Crippen molar-refractivity contribution in [3.05, 3.63) is 105 Å². The van der Waals surface area contributed by atoms with Gasteiger partial charge in [0.25, 0.3) is 5.91 Å². The zero-order valence-electron chi connectivity index (χ0n) is 16.0. The van der Waals surface area contributed by atoms with Crippen LogP contribution in [0, 0.1) is 14.9 Å². The summed E-state index contributed by atoms with van der Waals surface area (Å²) in [4.78, 5) is 12.7. The summed E-state index contributed by atoms with van der Waals surface area (Å²) in [5, 5.41) is 13.4. The zero-order chi connectivity index (χ0) is 20.9. The molecule has 0 fully saturated rings. The van der Waals surface area contributed by atoms with Crippen molar-refractivity contribution in [3.8, 4) is 6.07 Å². The molecule has 1 heterocycles. The largest absolute Gasteiger partial charge is 0.342 e. The summed E-state index contributed by atoms with van der Waals surface area (Å²) in [6, 6.07) is 27.7. The molecular weight excluding hydrogens is 485 g/mol. The Labute approximate surface area is 188 Å². The number of nitrogens with one attached hydrogen (secondary N) is 1. The van der Waals surface area contributed by atoms with E-state index in [0.717, 1.165) is 20.0 Å². The zero-order valence-corrected chi connectivity index (χ0v) is 18.2. The summed E-state index contributed by atoms with van der Waals surface area (Å²) < 4.78 is 3.22. The number of halogens is 1.